The molecule has 1 aliphatic rings. The lowest BCUT2D eigenvalue weighted by atomic mass is 10.1. The van der Waals surface area contributed by atoms with E-state index in [9.17, 15) is 9.59 Å². The molecule has 0 bridgehead atoms. The van der Waals surface area contributed by atoms with Crippen molar-refractivity contribution < 1.29 is 14.3 Å². The van der Waals surface area contributed by atoms with Gasteiger partial charge in [-0.3, -0.25) is 9.59 Å². The van der Waals surface area contributed by atoms with Gasteiger partial charge in [-0.25, -0.2) is 4.68 Å². The number of amides is 2. The zero-order chi connectivity index (χ0) is 20.9. The summed E-state index contributed by atoms with van der Waals surface area (Å²) in [6.45, 7) is 0.446. The smallest absolute Gasteiger partial charge is 0.271 e. The molecule has 0 unspecified atom stereocenters. The van der Waals surface area contributed by atoms with Crippen molar-refractivity contribution in [3.8, 4) is 11.4 Å². The van der Waals surface area contributed by atoms with E-state index in [1.54, 1.807) is 17.9 Å². The average Bonchev–Trinajstić information content (AvgIpc) is 3.55. The minimum Gasteiger partial charge on any atom is -0.496 e. The Labute approximate surface area is 175 Å². The molecule has 1 saturated carbocycles. The van der Waals surface area contributed by atoms with Crippen molar-refractivity contribution in [2.45, 2.75) is 19.3 Å². The second-order valence-corrected chi connectivity index (χ2v) is 7.24. The zero-order valence-electron chi connectivity index (χ0n) is 16.8. The number of nitrogens with zero attached hydrogens (tertiary/aromatic N) is 2. The Morgan fingerprint density at radius 3 is 2.57 bits per heavy atom. The molecule has 0 saturated heterocycles. The molecule has 4 rings (SSSR count). The molecule has 30 heavy (non-hydrogen) atoms. The van der Waals surface area contributed by atoms with Crippen LogP contribution in [0.2, 0.25) is 0 Å². The molecule has 2 N–H and O–H groups in total. The molecule has 0 aliphatic heterocycles. The van der Waals surface area contributed by atoms with Crippen LogP contribution in [-0.2, 0) is 11.2 Å². The summed E-state index contributed by atoms with van der Waals surface area (Å²) < 4.78 is 6.94. The maximum atomic E-state index is 12.7. The van der Waals surface area contributed by atoms with E-state index in [2.05, 4.69) is 15.7 Å². The maximum absolute atomic E-state index is 12.7. The highest BCUT2D eigenvalue weighted by molar-refractivity contribution is 5.97. The van der Waals surface area contributed by atoms with Gasteiger partial charge >= 0.3 is 0 Å². The number of anilines is 1. The van der Waals surface area contributed by atoms with Gasteiger partial charge in [0.15, 0.2) is 5.69 Å². The van der Waals surface area contributed by atoms with Gasteiger partial charge in [0.2, 0.25) is 5.91 Å². The zero-order valence-corrected chi connectivity index (χ0v) is 16.8. The topological polar surface area (TPSA) is 85.3 Å². The molecule has 1 aliphatic carbocycles. The van der Waals surface area contributed by atoms with Gasteiger partial charge in [0.25, 0.3) is 5.91 Å². The second kappa shape index (κ2) is 8.82. The van der Waals surface area contributed by atoms with Crippen molar-refractivity contribution >= 4 is 17.6 Å². The van der Waals surface area contributed by atoms with Gasteiger partial charge in [-0.2, -0.15) is 5.10 Å². The van der Waals surface area contributed by atoms with E-state index in [1.807, 2.05) is 54.6 Å². The van der Waals surface area contributed by atoms with Crippen molar-refractivity contribution in [3.63, 3.8) is 0 Å². The van der Waals surface area contributed by atoms with Crippen LogP contribution in [0.3, 0.4) is 0 Å². The first-order chi connectivity index (χ1) is 14.7. The first-order valence-electron chi connectivity index (χ1n) is 10.0. The third-order valence-electron chi connectivity index (χ3n) is 5.01. The van der Waals surface area contributed by atoms with Crippen LogP contribution < -0.4 is 15.4 Å². The van der Waals surface area contributed by atoms with Gasteiger partial charge in [-0.05, 0) is 43.0 Å². The summed E-state index contributed by atoms with van der Waals surface area (Å²) in [6, 6.07) is 18.8. The summed E-state index contributed by atoms with van der Waals surface area (Å²) >= 11 is 0. The lowest BCUT2D eigenvalue weighted by molar-refractivity contribution is -0.117. The number of hydrogen-bond donors (Lipinski definition) is 2. The van der Waals surface area contributed by atoms with Crippen LogP contribution in [0, 0.1) is 5.92 Å². The summed E-state index contributed by atoms with van der Waals surface area (Å²) in [5, 5.41) is 10.2. The van der Waals surface area contributed by atoms with Crippen molar-refractivity contribution in [2.75, 3.05) is 19.0 Å². The molecule has 1 aromatic heterocycles. The first kappa shape index (κ1) is 19.7. The van der Waals surface area contributed by atoms with Crippen LogP contribution in [0.25, 0.3) is 5.69 Å². The number of aromatic nitrogens is 2. The van der Waals surface area contributed by atoms with Crippen LogP contribution in [0.5, 0.6) is 5.75 Å². The highest BCUT2D eigenvalue weighted by atomic mass is 16.5. The normalized spacial score (nSPS) is 13.0. The van der Waals surface area contributed by atoms with Crippen LogP contribution in [0.15, 0.2) is 60.7 Å². The summed E-state index contributed by atoms with van der Waals surface area (Å²) in [6.07, 6.45) is 2.45. The number of methoxy groups -OCH3 is 1. The van der Waals surface area contributed by atoms with Gasteiger partial charge in [-0.1, -0.05) is 36.4 Å². The predicted octanol–water partition coefficient (Wildman–Crippen LogP) is 3.20. The number of ether oxygens (including phenoxy) is 1. The number of benzene rings is 2. The van der Waals surface area contributed by atoms with E-state index in [-0.39, 0.29) is 23.4 Å². The van der Waals surface area contributed by atoms with E-state index in [1.165, 1.54) is 0 Å². The predicted molar refractivity (Wildman–Crippen MR) is 114 cm³/mol. The Hall–Kier alpha value is -3.61. The Morgan fingerprint density at radius 1 is 1.10 bits per heavy atom. The fraction of sp³-hybridized carbons (Fsp3) is 0.261. The largest absolute Gasteiger partial charge is 0.496 e. The van der Waals surface area contributed by atoms with Crippen molar-refractivity contribution in [2.24, 2.45) is 5.92 Å². The van der Waals surface area contributed by atoms with Gasteiger partial charge in [0.05, 0.1) is 12.8 Å². The molecular weight excluding hydrogens is 380 g/mol. The van der Waals surface area contributed by atoms with E-state index in [0.29, 0.717) is 18.8 Å². The Bertz CT molecular complexity index is 1040. The molecule has 2 amide bonds. The van der Waals surface area contributed by atoms with Crippen molar-refractivity contribution in [1.29, 1.82) is 0 Å². The van der Waals surface area contributed by atoms with Crippen LogP contribution in [0.1, 0.15) is 28.9 Å². The van der Waals surface area contributed by atoms with Gasteiger partial charge < -0.3 is 15.4 Å². The van der Waals surface area contributed by atoms with Crippen LogP contribution in [0.4, 0.5) is 5.82 Å². The van der Waals surface area contributed by atoms with Gasteiger partial charge in [0.1, 0.15) is 11.6 Å². The summed E-state index contributed by atoms with van der Waals surface area (Å²) in [5.41, 5.74) is 2.05. The van der Waals surface area contributed by atoms with Crippen molar-refractivity contribution in [3.05, 3.63) is 71.9 Å². The average molecular weight is 404 g/mol. The van der Waals surface area contributed by atoms with E-state index in [0.717, 1.165) is 29.8 Å². The van der Waals surface area contributed by atoms with E-state index < -0.39 is 0 Å². The Balaban J connectivity index is 1.48. The summed E-state index contributed by atoms with van der Waals surface area (Å²) in [7, 11) is 1.63. The number of hydrogen-bond acceptors (Lipinski definition) is 4. The molecule has 0 radical (unpaired) electrons. The van der Waals surface area contributed by atoms with Gasteiger partial charge in [-0.15, -0.1) is 0 Å². The highest BCUT2D eigenvalue weighted by Gasteiger charge is 2.30. The number of para-hydroxylation sites is 2. The standard InChI is InChI=1S/C23H24N4O3/c1-30-20-10-6-5-7-16(20)13-14-24-23(29)19-15-21(25-22(28)17-11-12-17)27(26-19)18-8-3-2-4-9-18/h2-10,15,17H,11-14H2,1H3,(H,24,29)(H,25,28). The lowest BCUT2D eigenvalue weighted by Gasteiger charge is -2.08. The molecule has 7 heteroatoms. The summed E-state index contributed by atoms with van der Waals surface area (Å²) in [5.74, 6) is 1.03. The second-order valence-electron chi connectivity index (χ2n) is 7.24. The quantitative estimate of drug-likeness (QED) is 0.604. The monoisotopic (exact) mass is 404 g/mol. The third-order valence-corrected chi connectivity index (χ3v) is 5.01. The molecule has 2 aromatic carbocycles. The summed E-state index contributed by atoms with van der Waals surface area (Å²) in [4.78, 5) is 24.9. The SMILES string of the molecule is COc1ccccc1CCNC(=O)c1cc(NC(=O)C2CC2)n(-c2ccccc2)n1. The Kier molecular flexibility index (Phi) is 5.79. The van der Waals surface area contributed by atoms with E-state index in [4.69, 9.17) is 4.74 Å². The fourth-order valence-electron chi connectivity index (χ4n) is 3.23. The number of carbonyl (C=O) groups is 2. The molecular formula is C23H24N4O3. The lowest BCUT2D eigenvalue weighted by Crippen LogP contribution is -2.26. The van der Waals surface area contributed by atoms with E-state index >= 15 is 0 Å². The molecule has 154 valence electrons. The molecule has 1 fully saturated rings. The minimum atomic E-state index is -0.290. The molecule has 0 atom stereocenters. The fourth-order valence-corrected chi connectivity index (χ4v) is 3.23. The molecule has 7 nitrogen and oxygen atoms in total. The Morgan fingerprint density at radius 2 is 1.83 bits per heavy atom. The first-order valence-corrected chi connectivity index (χ1v) is 10.0. The third kappa shape index (κ3) is 4.51. The van der Waals surface area contributed by atoms with Gasteiger partial charge in [0, 0.05) is 18.5 Å². The van der Waals surface area contributed by atoms with Crippen LogP contribution >= 0.6 is 0 Å². The molecule has 3 aromatic rings. The highest BCUT2D eigenvalue weighted by Crippen LogP contribution is 2.30. The minimum absolute atomic E-state index is 0.0322. The number of carbonyl (C=O) groups excluding carboxylic acids is 2. The molecule has 1 heterocycles. The number of nitrogens with one attached hydrogen (secondary N) is 2. The van der Waals surface area contributed by atoms with Crippen LogP contribution in [-0.4, -0.2) is 35.2 Å². The maximum Gasteiger partial charge on any atom is 0.271 e. The molecule has 0 spiro atoms. The number of rotatable bonds is 8. The van der Waals surface area contributed by atoms with Crippen molar-refractivity contribution in [1.82, 2.24) is 15.1 Å².